The Hall–Kier alpha value is -0.900. The fourth-order valence-corrected chi connectivity index (χ4v) is 14.0. The second-order valence-corrected chi connectivity index (χ2v) is 21.1. The predicted molar refractivity (Wildman–Crippen MR) is 213 cm³/mol. The van der Waals surface area contributed by atoms with Crippen LogP contribution in [0.1, 0.15) is 99.3 Å². The Morgan fingerprint density at radius 1 is 0.689 bits per heavy atom. The molecule has 0 bridgehead atoms. The van der Waals surface area contributed by atoms with Gasteiger partial charge in [-0.2, -0.15) is 0 Å². The Morgan fingerprint density at radius 2 is 1.38 bits per heavy atom. The first-order valence-corrected chi connectivity index (χ1v) is 23.2. The molecule has 0 aromatic heterocycles. The number of fused-ring (bicyclic) bond motifs is 7. The predicted octanol–water partition coefficient (Wildman–Crippen LogP) is 1.24. The monoisotopic (exact) mass is 868 g/mol. The van der Waals surface area contributed by atoms with Crippen LogP contribution in [0.25, 0.3) is 0 Å². The van der Waals surface area contributed by atoms with Crippen LogP contribution < -0.4 is 0 Å². The first-order chi connectivity index (χ1) is 28.9. The van der Waals surface area contributed by atoms with Gasteiger partial charge in [0.1, 0.15) is 61.0 Å². The van der Waals surface area contributed by atoms with Crippen molar-refractivity contribution >= 4 is 0 Å². The molecule has 5 aliphatic heterocycles. The van der Waals surface area contributed by atoms with E-state index in [0.29, 0.717) is 48.3 Å². The van der Waals surface area contributed by atoms with Gasteiger partial charge in [0.2, 0.25) is 0 Å². The summed E-state index contributed by atoms with van der Waals surface area (Å²) in [6, 6.07) is 0. The zero-order valence-corrected chi connectivity index (χ0v) is 36.5. The summed E-state index contributed by atoms with van der Waals surface area (Å²) in [5, 5.41) is 85.7. The Labute approximate surface area is 358 Å². The highest BCUT2D eigenvalue weighted by atomic mass is 16.8. The minimum atomic E-state index is -1.75. The van der Waals surface area contributed by atoms with Gasteiger partial charge in [-0.25, -0.2) is 0 Å². The van der Waals surface area contributed by atoms with Crippen molar-refractivity contribution in [2.45, 2.75) is 209 Å². The molecule has 61 heavy (non-hydrogen) atoms. The summed E-state index contributed by atoms with van der Waals surface area (Å²) >= 11 is 0. The van der Waals surface area contributed by atoms with Gasteiger partial charge in [0.15, 0.2) is 24.7 Å². The molecule has 0 amide bonds. The largest absolute Gasteiger partial charge is 0.394 e. The van der Waals surface area contributed by atoms with E-state index < -0.39 is 105 Å². The molecule has 8 fully saturated rings. The molecule has 0 radical (unpaired) electrons. The van der Waals surface area contributed by atoms with Gasteiger partial charge < -0.3 is 78.7 Å². The average molecular weight is 869 g/mol. The van der Waals surface area contributed by atoms with Gasteiger partial charge in [0.05, 0.1) is 37.6 Å². The van der Waals surface area contributed by atoms with Gasteiger partial charge in [0.25, 0.3) is 0 Å². The van der Waals surface area contributed by atoms with Crippen molar-refractivity contribution in [2.75, 3.05) is 13.2 Å². The van der Waals surface area contributed by atoms with Crippen molar-refractivity contribution in [3.63, 3.8) is 0 Å². The fraction of sp³-hybridized carbons (Fsp3) is 0.956. The van der Waals surface area contributed by atoms with E-state index in [2.05, 4.69) is 33.8 Å². The van der Waals surface area contributed by atoms with E-state index in [4.69, 9.17) is 37.9 Å². The summed E-state index contributed by atoms with van der Waals surface area (Å²) < 4.78 is 49.6. The topological polar surface area (TPSA) is 236 Å². The second-order valence-electron chi connectivity index (χ2n) is 21.1. The maximum absolute atomic E-state index is 11.4. The van der Waals surface area contributed by atoms with Crippen LogP contribution in [0, 0.1) is 46.3 Å². The van der Waals surface area contributed by atoms with Gasteiger partial charge in [-0.05, 0) is 106 Å². The van der Waals surface area contributed by atoms with Crippen molar-refractivity contribution in [1.82, 2.24) is 0 Å². The molecule has 4 aliphatic carbocycles. The van der Waals surface area contributed by atoms with E-state index in [-0.39, 0.29) is 23.0 Å². The zero-order valence-electron chi connectivity index (χ0n) is 36.5. The number of aliphatic hydroxyl groups excluding tert-OH is 8. The Balaban J connectivity index is 0.862. The van der Waals surface area contributed by atoms with Crippen molar-refractivity contribution in [3.8, 4) is 0 Å². The highest BCUT2D eigenvalue weighted by Crippen LogP contribution is 2.70. The van der Waals surface area contributed by atoms with Crippen LogP contribution in [-0.2, 0) is 37.9 Å². The molecule has 0 unspecified atom stereocenters. The standard InChI is InChI=1S/C45H72O16/c1-19-9-14-45(54-18-19)20(2)30-28(61-45)16-27-25-8-7-23-15-24(10-12-43(23,5)26(25)11-13-44(27,30)6)57-42-39(34(50)32(48)29(17-46)58-42)60-41-37(53)35(51)38(22(4)56-41)59-40-36(52)33(49)31(47)21(3)55-40/h7,19-22,24-42,46-53H,8-18H2,1-6H3/t19-,20+,21+,22+,24+,25-,26+,27+,28+,29-,30+,31+,32-,33-,34+,35+,36-,37-,38+,39-,40+,41+,42-,43+,44+,45-/m1/s1. The van der Waals surface area contributed by atoms with Crippen molar-refractivity contribution in [3.05, 3.63) is 11.6 Å². The molecule has 5 saturated heterocycles. The SMILES string of the molecule is C[C@@H]1CC[C@@]2(OC1)O[C@H]1C[C@H]3[C@@H]4CC=C5C[C@@H](O[C@@H]6O[C@H](CO)[C@@H](O)[C@H](O)[C@H]6O[C@@H]6O[C@@H](C)[C@H](O[C@@H]7O[C@@H](C)[C@H](O)[C@@H](O)[C@H]7O)[C@@H](O)[C@H]6O)CC[C@]5(C)[C@H]4CC[C@]3(C)[C@H]1[C@@H]2C. The fourth-order valence-electron chi connectivity index (χ4n) is 14.0. The third-order valence-electron chi connectivity index (χ3n) is 17.6. The Kier molecular flexibility index (Phi) is 12.4. The van der Waals surface area contributed by atoms with E-state index >= 15 is 0 Å². The molecular formula is C45H72O16. The number of ether oxygens (including phenoxy) is 8. The van der Waals surface area contributed by atoms with Crippen LogP contribution in [-0.4, -0.2) is 164 Å². The van der Waals surface area contributed by atoms with Crippen LogP contribution in [0.4, 0.5) is 0 Å². The van der Waals surface area contributed by atoms with Gasteiger partial charge in [-0.1, -0.05) is 39.3 Å². The van der Waals surface area contributed by atoms with Crippen molar-refractivity contribution in [1.29, 1.82) is 0 Å². The van der Waals surface area contributed by atoms with Crippen LogP contribution in [0.3, 0.4) is 0 Å². The number of hydrogen-bond acceptors (Lipinski definition) is 16. The number of hydrogen-bond donors (Lipinski definition) is 8. The smallest absolute Gasteiger partial charge is 0.187 e. The number of allylic oxidation sites excluding steroid dienone is 1. The third-order valence-corrected chi connectivity index (χ3v) is 17.6. The first-order valence-electron chi connectivity index (χ1n) is 23.2. The molecule has 0 aromatic carbocycles. The highest BCUT2D eigenvalue weighted by Gasteiger charge is 2.69. The molecule has 26 atom stereocenters. The normalized spacial score (nSPS) is 58.4. The van der Waals surface area contributed by atoms with E-state index in [1.165, 1.54) is 25.3 Å². The molecule has 0 aromatic rings. The maximum Gasteiger partial charge on any atom is 0.187 e. The molecule has 3 saturated carbocycles. The minimum absolute atomic E-state index is 0.00433. The molecule has 16 nitrogen and oxygen atoms in total. The van der Waals surface area contributed by atoms with E-state index in [1.54, 1.807) is 6.92 Å². The molecule has 9 aliphatic rings. The summed E-state index contributed by atoms with van der Waals surface area (Å²) in [6.45, 7) is 12.9. The summed E-state index contributed by atoms with van der Waals surface area (Å²) in [5.74, 6) is 2.71. The van der Waals surface area contributed by atoms with Crippen LogP contribution in [0.15, 0.2) is 11.6 Å². The molecular weight excluding hydrogens is 796 g/mol. The molecule has 5 heterocycles. The third kappa shape index (κ3) is 7.42. The lowest BCUT2D eigenvalue weighted by Gasteiger charge is -2.58. The summed E-state index contributed by atoms with van der Waals surface area (Å²) in [5.41, 5.74) is 1.58. The number of rotatable bonds is 7. The summed E-state index contributed by atoms with van der Waals surface area (Å²) in [7, 11) is 0. The second kappa shape index (κ2) is 16.8. The number of aliphatic hydroxyl groups is 8. The van der Waals surface area contributed by atoms with E-state index in [9.17, 15) is 40.9 Å². The molecule has 348 valence electrons. The Bertz CT molecular complexity index is 1590. The highest BCUT2D eigenvalue weighted by molar-refractivity contribution is 5.26. The van der Waals surface area contributed by atoms with Crippen molar-refractivity contribution in [2.24, 2.45) is 46.3 Å². The lowest BCUT2D eigenvalue weighted by atomic mass is 9.47. The molecule has 16 heteroatoms. The van der Waals surface area contributed by atoms with Gasteiger partial charge in [-0.3, -0.25) is 0 Å². The van der Waals surface area contributed by atoms with Gasteiger partial charge >= 0.3 is 0 Å². The summed E-state index contributed by atoms with van der Waals surface area (Å²) in [6.07, 6.45) is -9.88. The van der Waals surface area contributed by atoms with Crippen LogP contribution in [0.5, 0.6) is 0 Å². The first kappa shape index (κ1) is 45.3. The lowest BCUT2D eigenvalue weighted by molar-refractivity contribution is -0.383. The van der Waals surface area contributed by atoms with Crippen molar-refractivity contribution < 1.29 is 78.7 Å². The minimum Gasteiger partial charge on any atom is -0.394 e. The quantitative estimate of drug-likeness (QED) is 0.168. The van der Waals surface area contributed by atoms with Crippen LogP contribution >= 0.6 is 0 Å². The molecule has 8 N–H and O–H groups in total. The maximum atomic E-state index is 11.4. The van der Waals surface area contributed by atoms with E-state index in [0.717, 1.165) is 38.7 Å². The molecule has 1 spiro atoms. The lowest BCUT2D eigenvalue weighted by Crippen LogP contribution is -2.65. The Morgan fingerprint density at radius 3 is 2.08 bits per heavy atom. The zero-order chi connectivity index (χ0) is 43.5. The average Bonchev–Trinajstić information content (AvgIpc) is 3.68. The molecule has 9 rings (SSSR count). The summed E-state index contributed by atoms with van der Waals surface area (Å²) in [4.78, 5) is 0. The van der Waals surface area contributed by atoms with Gasteiger partial charge in [-0.15, -0.1) is 0 Å². The van der Waals surface area contributed by atoms with Gasteiger partial charge in [0, 0.05) is 12.3 Å². The van der Waals surface area contributed by atoms with Crippen LogP contribution in [0.2, 0.25) is 0 Å². The van der Waals surface area contributed by atoms with E-state index in [1.807, 2.05) is 0 Å².